The molecule has 1 N–H and O–H groups in total. The van der Waals surface area contributed by atoms with E-state index in [0.29, 0.717) is 0 Å². The van der Waals surface area contributed by atoms with E-state index in [2.05, 4.69) is 4.98 Å². The molecule has 2 aliphatic carbocycles. The molecule has 0 spiro atoms. The molecular weight excluding hydrogens is 226 g/mol. The zero-order valence-electron chi connectivity index (χ0n) is 8.36. The van der Waals surface area contributed by atoms with Gasteiger partial charge in [-0.15, -0.1) is 11.8 Å². The molecule has 1 aliphatic heterocycles. The fraction of sp³-hybridized carbons (Fsp3) is 0.727. The first-order chi connectivity index (χ1) is 7.31. The van der Waals surface area contributed by atoms with E-state index in [9.17, 15) is 4.79 Å². The van der Waals surface area contributed by atoms with Gasteiger partial charge in [-0.25, -0.2) is 0 Å². The number of nitrogens with one attached hydrogen (secondary N) is 1. The SMILES string of the molecule is O=c1[nH]c2c(s1)C[C@H]1[C@@H]3CC[C@@H](C3)[C@H]1S2. The van der Waals surface area contributed by atoms with E-state index in [1.807, 2.05) is 11.8 Å². The normalized spacial score (nSPS) is 41.6. The highest BCUT2D eigenvalue weighted by atomic mass is 32.2. The van der Waals surface area contributed by atoms with Crippen molar-refractivity contribution in [3.05, 3.63) is 14.5 Å². The Kier molecular flexibility index (Phi) is 1.73. The highest BCUT2D eigenvalue weighted by Gasteiger charge is 2.50. The standard InChI is InChI=1S/C11H13NOS2/c13-11-12-10-8(14-11)4-7-5-1-2-6(3-5)9(7)15-10/h5-7,9H,1-4H2,(H,12,13)/t5-,6+,7+,9-/m1/s1. The van der Waals surface area contributed by atoms with E-state index >= 15 is 0 Å². The zero-order valence-corrected chi connectivity index (χ0v) is 10.00. The quantitative estimate of drug-likeness (QED) is 0.754. The maximum atomic E-state index is 11.3. The van der Waals surface area contributed by atoms with Crippen LogP contribution in [0.5, 0.6) is 0 Å². The van der Waals surface area contributed by atoms with Crippen molar-refractivity contribution in [2.24, 2.45) is 17.8 Å². The maximum absolute atomic E-state index is 11.3. The molecule has 0 radical (unpaired) electrons. The topological polar surface area (TPSA) is 32.9 Å². The second-order valence-corrected chi connectivity index (χ2v) is 7.31. The lowest BCUT2D eigenvalue weighted by Gasteiger charge is -2.33. The monoisotopic (exact) mass is 239 g/mol. The zero-order chi connectivity index (χ0) is 9.99. The molecular formula is C11H13NOS2. The number of hydrogen-bond acceptors (Lipinski definition) is 3. The summed E-state index contributed by atoms with van der Waals surface area (Å²) in [5, 5.41) is 2.01. The number of aromatic nitrogens is 1. The van der Waals surface area contributed by atoms with Crippen molar-refractivity contribution in [1.82, 2.24) is 4.98 Å². The Morgan fingerprint density at radius 1 is 1.27 bits per heavy atom. The van der Waals surface area contributed by atoms with Gasteiger partial charge < -0.3 is 4.98 Å². The molecule has 0 amide bonds. The molecule has 0 saturated heterocycles. The molecule has 4 heteroatoms. The smallest absolute Gasteiger partial charge is 0.305 e. The van der Waals surface area contributed by atoms with E-state index in [0.717, 1.165) is 23.0 Å². The van der Waals surface area contributed by atoms with Gasteiger partial charge in [-0.2, -0.15) is 0 Å². The van der Waals surface area contributed by atoms with Crippen LogP contribution in [0.2, 0.25) is 0 Å². The summed E-state index contributed by atoms with van der Waals surface area (Å²) in [6, 6.07) is 0. The third-order valence-corrected chi connectivity index (χ3v) is 6.99. The average molecular weight is 239 g/mol. The first kappa shape index (κ1) is 8.88. The second kappa shape index (κ2) is 2.92. The summed E-state index contributed by atoms with van der Waals surface area (Å²) in [6.45, 7) is 0. The third kappa shape index (κ3) is 1.15. The van der Waals surface area contributed by atoms with Crippen LogP contribution in [0.3, 0.4) is 0 Å². The van der Waals surface area contributed by atoms with Crippen molar-refractivity contribution in [2.75, 3.05) is 0 Å². The lowest BCUT2D eigenvalue weighted by molar-refractivity contribution is 0.337. The first-order valence-corrected chi connectivity index (χ1v) is 7.39. The molecule has 15 heavy (non-hydrogen) atoms. The van der Waals surface area contributed by atoms with E-state index in [1.54, 1.807) is 0 Å². The van der Waals surface area contributed by atoms with Crippen LogP contribution in [-0.4, -0.2) is 10.2 Å². The first-order valence-electron chi connectivity index (χ1n) is 5.70. The highest BCUT2D eigenvalue weighted by molar-refractivity contribution is 8.00. The fourth-order valence-electron chi connectivity index (χ4n) is 3.75. The number of fused-ring (bicyclic) bond motifs is 6. The molecule has 0 aromatic carbocycles. The minimum atomic E-state index is 0.139. The van der Waals surface area contributed by atoms with Crippen molar-refractivity contribution < 1.29 is 0 Å². The van der Waals surface area contributed by atoms with Gasteiger partial charge in [0.1, 0.15) is 0 Å². The molecule has 2 saturated carbocycles. The minimum absolute atomic E-state index is 0.139. The van der Waals surface area contributed by atoms with Gasteiger partial charge >= 0.3 is 4.87 Å². The van der Waals surface area contributed by atoms with Crippen molar-refractivity contribution in [3.8, 4) is 0 Å². The molecule has 1 aromatic rings. The molecule has 1 aromatic heterocycles. The van der Waals surface area contributed by atoms with Crippen LogP contribution < -0.4 is 4.87 Å². The molecule has 2 nitrogen and oxygen atoms in total. The van der Waals surface area contributed by atoms with Crippen LogP contribution >= 0.6 is 23.1 Å². The molecule has 4 rings (SSSR count). The van der Waals surface area contributed by atoms with E-state index < -0.39 is 0 Å². The molecule has 80 valence electrons. The van der Waals surface area contributed by atoms with Crippen LogP contribution in [0.4, 0.5) is 0 Å². The van der Waals surface area contributed by atoms with Crippen LogP contribution in [0.25, 0.3) is 0 Å². The van der Waals surface area contributed by atoms with Gasteiger partial charge in [0.05, 0.1) is 5.03 Å². The summed E-state index contributed by atoms with van der Waals surface area (Å²) in [6.07, 6.45) is 5.52. The van der Waals surface area contributed by atoms with Crippen LogP contribution in [0.15, 0.2) is 9.82 Å². The van der Waals surface area contributed by atoms with Crippen molar-refractivity contribution >= 4 is 23.1 Å². The van der Waals surface area contributed by atoms with E-state index in [1.165, 1.54) is 46.9 Å². The second-order valence-electron chi connectivity index (χ2n) is 5.05. The molecule has 2 fully saturated rings. The molecule has 4 atom stereocenters. The van der Waals surface area contributed by atoms with Gasteiger partial charge in [-0.3, -0.25) is 4.79 Å². The summed E-state index contributed by atoms with van der Waals surface area (Å²) < 4.78 is 0. The van der Waals surface area contributed by atoms with Gasteiger partial charge in [0.15, 0.2) is 0 Å². The summed E-state index contributed by atoms with van der Waals surface area (Å²) in [4.78, 5) is 15.8. The number of H-pyrrole nitrogens is 1. The highest BCUT2D eigenvalue weighted by Crippen LogP contribution is 2.58. The number of aromatic amines is 1. The number of thioether (sulfide) groups is 1. The third-order valence-electron chi connectivity index (χ3n) is 4.37. The van der Waals surface area contributed by atoms with Crippen molar-refractivity contribution in [2.45, 2.75) is 36.0 Å². The fourth-order valence-corrected chi connectivity index (χ4v) is 6.45. The Hall–Kier alpha value is -0.220. The summed E-state index contributed by atoms with van der Waals surface area (Å²) in [5.74, 6) is 2.80. The van der Waals surface area contributed by atoms with Gasteiger partial charge in [0.2, 0.25) is 0 Å². The van der Waals surface area contributed by atoms with Crippen LogP contribution in [0, 0.1) is 17.8 Å². The Morgan fingerprint density at radius 3 is 3.07 bits per heavy atom. The lowest BCUT2D eigenvalue weighted by atomic mass is 9.85. The number of thiazole rings is 1. The van der Waals surface area contributed by atoms with Gasteiger partial charge in [0, 0.05) is 10.1 Å². The van der Waals surface area contributed by atoms with Crippen LogP contribution in [0.1, 0.15) is 24.1 Å². The largest absolute Gasteiger partial charge is 0.307 e. The predicted molar refractivity (Wildman–Crippen MR) is 62.6 cm³/mol. The molecule has 2 heterocycles. The van der Waals surface area contributed by atoms with Crippen LogP contribution in [-0.2, 0) is 6.42 Å². The summed E-state index contributed by atoms with van der Waals surface area (Å²) in [7, 11) is 0. The Morgan fingerprint density at radius 2 is 2.13 bits per heavy atom. The molecule has 2 bridgehead atoms. The van der Waals surface area contributed by atoms with Crippen molar-refractivity contribution in [3.63, 3.8) is 0 Å². The van der Waals surface area contributed by atoms with E-state index in [4.69, 9.17) is 0 Å². The molecule has 0 unspecified atom stereocenters. The van der Waals surface area contributed by atoms with Gasteiger partial charge in [0.25, 0.3) is 0 Å². The maximum Gasteiger partial charge on any atom is 0.305 e. The number of hydrogen-bond donors (Lipinski definition) is 1. The van der Waals surface area contributed by atoms with Crippen molar-refractivity contribution in [1.29, 1.82) is 0 Å². The predicted octanol–water partition coefficient (Wildman–Crippen LogP) is 2.50. The Bertz CT molecular complexity index is 425. The van der Waals surface area contributed by atoms with Gasteiger partial charge in [-0.1, -0.05) is 11.3 Å². The minimum Gasteiger partial charge on any atom is -0.307 e. The Balaban J connectivity index is 1.77. The average Bonchev–Trinajstić information content (AvgIpc) is 2.85. The summed E-state index contributed by atoms with van der Waals surface area (Å²) >= 11 is 3.40. The summed E-state index contributed by atoms with van der Waals surface area (Å²) in [5.41, 5.74) is 0. The Labute approximate surface area is 96.5 Å². The number of rotatable bonds is 0. The molecule has 3 aliphatic rings. The van der Waals surface area contributed by atoms with Gasteiger partial charge in [-0.05, 0) is 43.4 Å². The lowest BCUT2D eigenvalue weighted by Crippen LogP contribution is -2.29. The van der Waals surface area contributed by atoms with E-state index in [-0.39, 0.29) is 4.87 Å².